The van der Waals surface area contributed by atoms with Gasteiger partial charge in [0.1, 0.15) is 5.69 Å². The molecule has 23 heavy (non-hydrogen) atoms. The van der Waals surface area contributed by atoms with Crippen molar-refractivity contribution < 1.29 is 4.79 Å². The van der Waals surface area contributed by atoms with Crippen LogP contribution in [0.1, 0.15) is 10.5 Å². The topological polar surface area (TPSA) is 76.3 Å². The Labute approximate surface area is 134 Å². The highest BCUT2D eigenvalue weighted by atomic mass is 16.2. The first-order valence-electron chi connectivity index (χ1n) is 7.65. The highest BCUT2D eigenvalue weighted by Gasteiger charge is 2.23. The summed E-state index contributed by atoms with van der Waals surface area (Å²) in [6, 6.07) is 2.87. The second kappa shape index (κ2) is 6.74. The monoisotopic (exact) mass is 316 g/mol. The van der Waals surface area contributed by atoms with E-state index in [1.807, 2.05) is 17.1 Å². The molecule has 0 aliphatic carbocycles. The van der Waals surface area contributed by atoms with Crippen molar-refractivity contribution in [1.29, 1.82) is 0 Å². The zero-order chi connectivity index (χ0) is 16.2. The summed E-state index contributed by atoms with van der Waals surface area (Å²) in [7, 11) is 1.55. The summed E-state index contributed by atoms with van der Waals surface area (Å²) in [6.07, 6.45) is 5.53. The van der Waals surface area contributed by atoms with E-state index in [1.165, 1.54) is 16.8 Å². The van der Waals surface area contributed by atoms with Crippen LogP contribution >= 0.6 is 0 Å². The van der Waals surface area contributed by atoms with Crippen LogP contribution in [0, 0.1) is 0 Å². The van der Waals surface area contributed by atoms with E-state index in [1.54, 1.807) is 18.1 Å². The van der Waals surface area contributed by atoms with E-state index in [0.717, 1.165) is 26.2 Å². The molecule has 1 fully saturated rings. The molecule has 1 aliphatic rings. The first kappa shape index (κ1) is 15.4. The van der Waals surface area contributed by atoms with Gasteiger partial charge in [-0.1, -0.05) is 0 Å². The lowest BCUT2D eigenvalue weighted by Crippen LogP contribution is -2.49. The number of nitrogens with zero attached hydrogens (tertiary/aromatic N) is 6. The second-order valence-corrected chi connectivity index (χ2v) is 5.61. The SMILES string of the molecule is Cn1nc(C(=O)N2CCN(CCn3ccnc3)CC2)ccc1=O. The quantitative estimate of drug-likeness (QED) is 0.755. The number of imidazole rings is 1. The predicted octanol–water partition coefficient (Wildman–Crippen LogP) is -0.565. The summed E-state index contributed by atoms with van der Waals surface area (Å²) in [5.74, 6) is -0.116. The third kappa shape index (κ3) is 3.65. The Morgan fingerprint density at radius 1 is 1.17 bits per heavy atom. The Balaban J connectivity index is 1.52. The van der Waals surface area contributed by atoms with Gasteiger partial charge in [0.05, 0.1) is 6.33 Å². The molecule has 0 bridgehead atoms. The van der Waals surface area contributed by atoms with Gasteiger partial charge in [-0.25, -0.2) is 9.67 Å². The van der Waals surface area contributed by atoms with E-state index in [2.05, 4.69) is 15.0 Å². The number of carbonyl (C=O) groups is 1. The molecule has 1 amide bonds. The minimum absolute atomic E-state index is 0.116. The van der Waals surface area contributed by atoms with Crippen LogP contribution in [0.25, 0.3) is 0 Å². The zero-order valence-corrected chi connectivity index (χ0v) is 13.1. The van der Waals surface area contributed by atoms with Crippen LogP contribution in [0.15, 0.2) is 35.6 Å². The van der Waals surface area contributed by atoms with E-state index in [-0.39, 0.29) is 11.5 Å². The molecule has 122 valence electrons. The molecule has 0 atom stereocenters. The van der Waals surface area contributed by atoms with Crippen LogP contribution in [0.5, 0.6) is 0 Å². The lowest BCUT2D eigenvalue weighted by molar-refractivity contribution is 0.0625. The van der Waals surface area contributed by atoms with Crippen LogP contribution in [0.3, 0.4) is 0 Å². The third-order valence-electron chi connectivity index (χ3n) is 4.07. The van der Waals surface area contributed by atoms with E-state index in [0.29, 0.717) is 18.8 Å². The molecule has 8 nitrogen and oxygen atoms in total. The van der Waals surface area contributed by atoms with Crippen LogP contribution in [-0.4, -0.2) is 67.8 Å². The first-order valence-corrected chi connectivity index (χ1v) is 7.65. The van der Waals surface area contributed by atoms with E-state index in [4.69, 9.17) is 0 Å². The number of piperazine rings is 1. The van der Waals surface area contributed by atoms with Gasteiger partial charge < -0.3 is 9.47 Å². The smallest absolute Gasteiger partial charge is 0.274 e. The van der Waals surface area contributed by atoms with E-state index < -0.39 is 0 Å². The fourth-order valence-electron chi connectivity index (χ4n) is 2.63. The van der Waals surface area contributed by atoms with Gasteiger partial charge >= 0.3 is 0 Å². The molecule has 0 spiro atoms. The number of carbonyl (C=O) groups excluding carboxylic acids is 1. The van der Waals surface area contributed by atoms with Gasteiger partial charge in [-0.05, 0) is 6.07 Å². The highest BCUT2D eigenvalue weighted by molar-refractivity contribution is 5.92. The predicted molar refractivity (Wildman–Crippen MR) is 84.0 cm³/mol. The minimum atomic E-state index is -0.217. The molecule has 1 saturated heterocycles. The fraction of sp³-hybridized carbons (Fsp3) is 0.467. The number of hydrogen-bond acceptors (Lipinski definition) is 5. The molecular formula is C15H20N6O2. The number of aromatic nitrogens is 4. The number of hydrogen-bond donors (Lipinski definition) is 0. The molecule has 0 aromatic carbocycles. The normalized spacial score (nSPS) is 15.8. The van der Waals surface area contributed by atoms with Crippen LogP contribution < -0.4 is 5.56 Å². The van der Waals surface area contributed by atoms with Gasteiger partial charge in [-0.2, -0.15) is 5.10 Å². The molecule has 0 radical (unpaired) electrons. The van der Waals surface area contributed by atoms with E-state index in [9.17, 15) is 9.59 Å². The summed E-state index contributed by atoms with van der Waals surface area (Å²) >= 11 is 0. The van der Waals surface area contributed by atoms with Gasteiger partial charge in [0.2, 0.25) is 0 Å². The van der Waals surface area contributed by atoms with Crippen molar-refractivity contribution in [2.75, 3.05) is 32.7 Å². The zero-order valence-electron chi connectivity index (χ0n) is 13.1. The Kier molecular flexibility index (Phi) is 4.52. The summed E-state index contributed by atoms with van der Waals surface area (Å²) in [5.41, 5.74) is 0.102. The number of amides is 1. The average Bonchev–Trinajstić information content (AvgIpc) is 3.09. The van der Waals surface area contributed by atoms with Crippen molar-refractivity contribution in [1.82, 2.24) is 29.1 Å². The summed E-state index contributed by atoms with van der Waals surface area (Å²) < 4.78 is 3.24. The number of rotatable bonds is 4. The van der Waals surface area contributed by atoms with Crippen molar-refractivity contribution in [3.63, 3.8) is 0 Å². The summed E-state index contributed by atoms with van der Waals surface area (Å²) in [4.78, 5) is 31.9. The molecule has 2 aromatic rings. The van der Waals surface area contributed by atoms with Crippen molar-refractivity contribution in [3.05, 3.63) is 46.9 Å². The lowest BCUT2D eigenvalue weighted by Gasteiger charge is -2.34. The Morgan fingerprint density at radius 3 is 2.61 bits per heavy atom. The maximum atomic E-state index is 12.4. The molecule has 3 heterocycles. The van der Waals surface area contributed by atoms with E-state index >= 15 is 0 Å². The van der Waals surface area contributed by atoms with Crippen molar-refractivity contribution >= 4 is 5.91 Å². The van der Waals surface area contributed by atoms with Crippen molar-refractivity contribution in [3.8, 4) is 0 Å². The minimum Gasteiger partial charge on any atom is -0.336 e. The Hall–Kier alpha value is -2.48. The van der Waals surface area contributed by atoms with Gasteiger partial charge in [0.15, 0.2) is 0 Å². The van der Waals surface area contributed by atoms with Crippen LogP contribution in [0.4, 0.5) is 0 Å². The van der Waals surface area contributed by atoms with Gasteiger partial charge in [-0.3, -0.25) is 14.5 Å². The fourth-order valence-corrected chi connectivity index (χ4v) is 2.63. The Morgan fingerprint density at radius 2 is 1.96 bits per heavy atom. The molecule has 3 rings (SSSR count). The maximum Gasteiger partial charge on any atom is 0.274 e. The molecular weight excluding hydrogens is 296 g/mol. The van der Waals surface area contributed by atoms with Gasteiger partial charge in [0, 0.05) is 64.8 Å². The van der Waals surface area contributed by atoms with Crippen molar-refractivity contribution in [2.24, 2.45) is 7.05 Å². The highest BCUT2D eigenvalue weighted by Crippen LogP contribution is 2.06. The van der Waals surface area contributed by atoms with Crippen LogP contribution in [0.2, 0.25) is 0 Å². The summed E-state index contributed by atoms with van der Waals surface area (Å²) in [5, 5.41) is 4.03. The maximum absolute atomic E-state index is 12.4. The molecule has 0 unspecified atom stereocenters. The second-order valence-electron chi connectivity index (χ2n) is 5.61. The average molecular weight is 316 g/mol. The lowest BCUT2D eigenvalue weighted by atomic mass is 10.2. The van der Waals surface area contributed by atoms with Crippen molar-refractivity contribution in [2.45, 2.75) is 6.54 Å². The number of aryl methyl sites for hydroxylation is 1. The molecule has 1 aliphatic heterocycles. The molecule has 0 N–H and O–H groups in total. The summed E-state index contributed by atoms with van der Waals surface area (Å²) in [6.45, 7) is 4.87. The molecule has 0 saturated carbocycles. The molecule has 2 aromatic heterocycles. The third-order valence-corrected chi connectivity index (χ3v) is 4.07. The van der Waals surface area contributed by atoms with Gasteiger partial charge in [-0.15, -0.1) is 0 Å². The van der Waals surface area contributed by atoms with Gasteiger partial charge in [0.25, 0.3) is 11.5 Å². The first-order chi connectivity index (χ1) is 11.1. The standard InChI is InChI=1S/C15H20N6O2/c1-18-14(22)3-2-13(17-18)15(23)21-10-8-19(9-11-21)6-7-20-5-4-16-12-20/h2-5,12H,6-11H2,1H3. The molecule has 8 heteroatoms. The largest absolute Gasteiger partial charge is 0.336 e. The van der Waals surface area contributed by atoms with Crippen LogP contribution in [-0.2, 0) is 13.6 Å². The Bertz CT molecular complexity index is 716.